The number of aryl methyl sites for hydroxylation is 1. The second kappa shape index (κ2) is 7.45. The summed E-state index contributed by atoms with van der Waals surface area (Å²) in [6.07, 6.45) is 0. The fourth-order valence-corrected chi connectivity index (χ4v) is 2.64. The number of Topliss-reactive ketones (excluding diaryl/α,β-unsaturated/α-hetero) is 1. The fraction of sp³-hybridized carbons (Fsp3) is 0.263. The number of hydrogen-bond acceptors (Lipinski definition) is 6. The van der Waals surface area contributed by atoms with Crippen LogP contribution in [-0.2, 0) is 6.54 Å². The van der Waals surface area contributed by atoms with Crippen LogP contribution in [0.4, 0.5) is 5.69 Å². The summed E-state index contributed by atoms with van der Waals surface area (Å²) < 4.78 is 0. The lowest BCUT2D eigenvalue weighted by molar-refractivity contribution is -0.385. The smallest absolute Gasteiger partial charge is 0.273 e. The van der Waals surface area contributed by atoms with E-state index in [-0.39, 0.29) is 23.6 Å². The summed E-state index contributed by atoms with van der Waals surface area (Å²) in [7, 11) is 0. The highest BCUT2D eigenvalue weighted by atomic mass is 16.6. The first-order valence-electron chi connectivity index (χ1n) is 8.51. The van der Waals surface area contributed by atoms with Gasteiger partial charge in [0.1, 0.15) is 6.54 Å². The van der Waals surface area contributed by atoms with E-state index >= 15 is 0 Å². The van der Waals surface area contributed by atoms with Gasteiger partial charge in [-0.25, -0.2) is 0 Å². The van der Waals surface area contributed by atoms with Crippen molar-refractivity contribution in [1.82, 2.24) is 20.2 Å². The van der Waals surface area contributed by atoms with Gasteiger partial charge in [0.2, 0.25) is 5.82 Å². The predicted molar refractivity (Wildman–Crippen MR) is 99.5 cm³/mol. The van der Waals surface area contributed by atoms with Crippen LogP contribution in [0.5, 0.6) is 0 Å². The summed E-state index contributed by atoms with van der Waals surface area (Å²) in [5.74, 6) is 0.532. The number of carbonyl (C=O) groups excluding carboxylic acids is 1. The molecule has 27 heavy (non-hydrogen) atoms. The van der Waals surface area contributed by atoms with Gasteiger partial charge in [-0.05, 0) is 23.6 Å². The molecule has 2 aromatic carbocycles. The molecule has 0 amide bonds. The maximum absolute atomic E-state index is 12.4. The highest BCUT2D eigenvalue weighted by Crippen LogP contribution is 2.21. The molecule has 8 heteroatoms. The molecule has 0 N–H and O–H groups in total. The molecule has 138 valence electrons. The SMILES string of the molecule is Cc1ccc(C(=O)Cn2nnc(-c3ccc(C(C)C)cc3)n2)cc1[N+](=O)[O-]. The monoisotopic (exact) mass is 365 g/mol. The summed E-state index contributed by atoms with van der Waals surface area (Å²) in [5.41, 5.74) is 2.68. The number of aromatic nitrogens is 4. The number of carbonyl (C=O) groups is 1. The van der Waals surface area contributed by atoms with Crippen LogP contribution in [0.2, 0.25) is 0 Å². The summed E-state index contributed by atoms with van der Waals surface area (Å²) in [5, 5.41) is 23.2. The molecule has 0 saturated carbocycles. The molecule has 0 fully saturated rings. The van der Waals surface area contributed by atoms with E-state index in [2.05, 4.69) is 29.3 Å². The summed E-state index contributed by atoms with van der Waals surface area (Å²) in [6.45, 7) is 5.72. The van der Waals surface area contributed by atoms with Crippen LogP contribution < -0.4 is 0 Å². The molecule has 8 nitrogen and oxygen atoms in total. The van der Waals surface area contributed by atoms with Gasteiger partial charge in [-0.3, -0.25) is 14.9 Å². The fourth-order valence-electron chi connectivity index (χ4n) is 2.64. The molecular formula is C19H19N5O3. The van der Waals surface area contributed by atoms with E-state index in [0.717, 1.165) is 5.56 Å². The van der Waals surface area contributed by atoms with Crippen molar-refractivity contribution in [2.75, 3.05) is 0 Å². The Morgan fingerprint density at radius 2 is 1.89 bits per heavy atom. The van der Waals surface area contributed by atoms with Crippen molar-refractivity contribution >= 4 is 11.5 Å². The van der Waals surface area contributed by atoms with E-state index in [1.165, 1.54) is 16.4 Å². The minimum atomic E-state index is -0.501. The molecule has 0 spiro atoms. The van der Waals surface area contributed by atoms with Crippen molar-refractivity contribution in [3.63, 3.8) is 0 Å². The van der Waals surface area contributed by atoms with Crippen LogP contribution >= 0.6 is 0 Å². The quantitative estimate of drug-likeness (QED) is 0.376. The third kappa shape index (κ3) is 4.05. The van der Waals surface area contributed by atoms with E-state index in [1.54, 1.807) is 19.1 Å². The lowest BCUT2D eigenvalue weighted by atomic mass is 10.0. The van der Waals surface area contributed by atoms with Gasteiger partial charge in [0, 0.05) is 22.8 Å². The Morgan fingerprint density at radius 3 is 2.52 bits per heavy atom. The lowest BCUT2D eigenvalue weighted by Gasteiger charge is -2.04. The Balaban J connectivity index is 1.76. The van der Waals surface area contributed by atoms with Crippen molar-refractivity contribution in [3.05, 3.63) is 69.3 Å². The van der Waals surface area contributed by atoms with Gasteiger partial charge in [-0.1, -0.05) is 50.2 Å². The Hall–Kier alpha value is -3.42. The van der Waals surface area contributed by atoms with Crippen LogP contribution in [-0.4, -0.2) is 30.9 Å². The summed E-state index contributed by atoms with van der Waals surface area (Å²) in [4.78, 5) is 24.1. The third-order valence-electron chi connectivity index (χ3n) is 4.30. The van der Waals surface area contributed by atoms with Crippen molar-refractivity contribution in [3.8, 4) is 11.4 Å². The molecule has 0 aliphatic heterocycles. The molecule has 0 saturated heterocycles. The second-order valence-electron chi connectivity index (χ2n) is 6.60. The Morgan fingerprint density at radius 1 is 1.19 bits per heavy atom. The van der Waals surface area contributed by atoms with Gasteiger partial charge in [-0.2, -0.15) is 4.80 Å². The van der Waals surface area contributed by atoms with Crippen molar-refractivity contribution in [2.45, 2.75) is 33.2 Å². The van der Waals surface area contributed by atoms with Crippen LogP contribution in [0.25, 0.3) is 11.4 Å². The highest BCUT2D eigenvalue weighted by Gasteiger charge is 2.16. The molecule has 0 atom stereocenters. The average molecular weight is 365 g/mol. The first kappa shape index (κ1) is 18.4. The lowest BCUT2D eigenvalue weighted by Crippen LogP contribution is -2.13. The average Bonchev–Trinajstić information content (AvgIpc) is 3.10. The molecule has 0 aliphatic carbocycles. The maximum Gasteiger partial charge on any atom is 0.273 e. The third-order valence-corrected chi connectivity index (χ3v) is 4.30. The van der Waals surface area contributed by atoms with Crippen LogP contribution in [0.1, 0.15) is 41.3 Å². The van der Waals surface area contributed by atoms with Gasteiger partial charge in [0.15, 0.2) is 5.78 Å². The molecule has 0 aliphatic rings. The van der Waals surface area contributed by atoms with Gasteiger partial charge in [0.25, 0.3) is 5.69 Å². The molecule has 0 bridgehead atoms. The van der Waals surface area contributed by atoms with E-state index in [4.69, 9.17) is 0 Å². The molecule has 0 radical (unpaired) electrons. The Kier molecular flexibility index (Phi) is 5.07. The number of rotatable bonds is 6. The largest absolute Gasteiger partial charge is 0.292 e. The number of nitrogens with zero attached hydrogens (tertiary/aromatic N) is 5. The van der Waals surface area contributed by atoms with Crippen LogP contribution in [0.3, 0.4) is 0 Å². The Labute approximate surface area is 156 Å². The highest BCUT2D eigenvalue weighted by molar-refractivity contribution is 5.96. The summed E-state index contributed by atoms with van der Waals surface area (Å²) >= 11 is 0. The number of nitro groups is 1. The first-order valence-corrected chi connectivity index (χ1v) is 8.51. The van der Waals surface area contributed by atoms with Gasteiger partial charge < -0.3 is 0 Å². The van der Waals surface area contributed by atoms with Crippen molar-refractivity contribution in [1.29, 1.82) is 0 Å². The zero-order valence-corrected chi connectivity index (χ0v) is 15.3. The van der Waals surface area contributed by atoms with E-state index < -0.39 is 4.92 Å². The summed E-state index contributed by atoms with van der Waals surface area (Å²) in [6, 6.07) is 12.3. The second-order valence-corrected chi connectivity index (χ2v) is 6.60. The maximum atomic E-state index is 12.4. The minimum absolute atomic E-state index is 0.0849. The molecule has 1 aromatic heterocycles. The normalized spacial score (nSPS) is 11.0. The number of benzene rings is 2. The van der Waals surface area contributed by atoms with Crippen molar-refractivity contribution < 1.29 is 9.72 Å². The zero-order chi connectivity index (χ0) is 19.6. The zero-order valence-electron chi connectivity index (χ0n) is 15.3. The Bertz CT molecular complexity index is 993. The molecule has 3 aromatic rings. The standard InChI is InChI=1S/C19H19N5O3/c1-12(2)14-6-8-15(9-7-14)19-20-22-23(21-19)11-18(25)16-5-4-13(3)17(10-16)24(26)27/h4-10,12H,11H2,1-3H3. The van der Waals surface area contributed by atoms with Gasteiger partial charge in [-0.15, -0.1) is 10.2 Å². The van der Waals surface area contributed by atoms with E-state index in [0.29, 0.717) is 17.3 Å². The number of tetrazole rings is 1. The van der Waals surface area contributed by atoms with Gasteiger partial charge in [0.05, 0.1) is 4.92 Å². The van der Waals surface area contributed by atoms with Crippen LogP contribution in [0, 0.1) is 17.0 Å². The molecule has 0 unspecified atom stereocenters. The molecule has 1 heterocycles. The van der Waals surface area contributed by atoms with E-state index in [1.807, 2.05) is 24.3 Å². The van der Waals surface area contributed by atoms with Crippen molar-refractivity contribution in [2.24, 2.45) is 0 Å². The first-order chi connectivity index (χ1) is 12.8. The topological polar surface area (TPSA) is 104 Å². The number of nitro benzene ring substituents is 1. The van der Waals surface area contributed by atoms with Crippen LogP contribution in [0.15, 0.2) is 42.5 Å². The minimum Gasteiger partial charge on any atom is -0.292 e. The predicted octanol–water partition coefficient (Wildman–Crippen LogP) is 3.56. The van der Waals surface area contributed by atoms with Gasteiger partial charge >= 0.3 is 0 Å². The molecular weight excluding hydrogens is 346 g/mol. The number of hydrogen-bond donors (Lipinski definition) is 0. The number of ketones is 1. The molecule has 3 rings (SSSR count). The van der Waals surface area contributed by atoms with E-state index in [9.17, 15) is 14.9 Å².